The van der Waals surface area contributed by atoms with Crippen molar-refractivity contribution in [2.45, 2.75) is 33.6 Å². The summed E-state index contributed by atoms with van der Waals surface area (Å²) in [6, 6.07) is 0. The van der Waals surface area contributed by atoms with E-state index in [4.69, 9.17) is 0 Å². The third-order valence-corrected chi connectivity index (χ3v) is 4.47. The van der Waals surface area contributed by atoms with Gasteiger partial charge in [-0.3, -0.25) is 4.90 Å². The van der Waals surface area contributed by atoms with Crippen molar-refractivity contribution >= 4 is 16.5 Å². The van der Waals surface area contributed by atoms with E-state index in [1.807, 2.05) is 0 Å². The Morgan fingerprint density at radius 3 is 2.22 bits per heavy atom. The normalized spacial score (nSPS) is 18.0. The van der Waals surface area contributed by atoms with Crippen molar-refractivity contribution in [3.63, 3.8) is 0 Å². The zero-order chi connectivity index (χ0) is 13.1. The van der Waals surface area contributed by atoms with Crippen molar-refractivity contribution in [2.75, 3.05) is 37.6 Å². The fourth-order valence-corrected chi connectivity index (χ4v) is 3.12. The predicted octanol–water partition coefficient (Wildman–Crippen LogP) is 2.44. The Morgan fingerprint density at radius 1 is 1.06 bits per heavy atom. The van der Waals surface area contributed by atoms with E-state index in [-0.39, 0.29) is 0 Å². The Hall–Kier alpha value is -0.680. The summed E-state index contributed by atoms with van der Waals surface area (Å²) >= 11 is 1.75. The van der Waals surface area contributed by atoms with Gasteiger partial charge in [-0.1, -0.05) is 39.0 Å². The van der Waals surface area contributed by atoms with Crippen molar-refractivity contribution in [2.24, 2.45) is 5.92 Å². The highest BCUT2D eigenvalue weighted by Gasteiger charge is 2.20. The zero-order valence-corrected chi connectivity index (χ0v) is 12.7. The number of hydrogen-bond acceptors (Lipinski definition) is 5. The molecule has 0 N–H and O–H groups in total. The molecule has 5 heteroatoms. The minimum atomic E-state index is 0.485. The molecule has 0 aliphatic carbocycles. The highest BCUT2D eigenvalue weighted by Crippen LogP contribution is 2.26. The third kappa shape index (κ3) is 3.42. The van der Waals surface area contributed by atoms with Crippen molar-refractivity contribution in [3.8, 4) is 0 Å². The summed E-state index contributed by atoms with van der Waals surface area (Å²) in [6.07, 6.45) is 0. The third-order valence-electron chi connectivity index (χ3n) is 3.19. The maximum absolute atomic E-state index is 4.32. The summed E-state index contributed by atoms with van der Waals surface area (Å²) in [5.41, 5.74) is 0. The van der Waals surface area contributed by atoms with Crippen LogP contribution >= 0.6 is 11.3 Å². The molecule has 0 amide bonds. The number of hydrogen-bond donors (Lipinski definition) is 0. The second kappa shape index (κ2) is 5.97. The summed E-state index contributed by atoms with van der Waals surface area (Å²) in [6.45, 7) is 14.6. The van der Waals surface area contributed by atoms with Gasteiger partial charge >= 0.3 is 0 Å². The molecule has 1 aromatic heterocycles. The summed E-state index contributed by atoms with van der Waals surface area (Å²) in [5, 5.41) is 10.8. The molecular weight excluding hydrogens is 244 g/mol. The smallest absolute Gasteiger partial charge is 0.208 e. The molecule has 0 spiro atoms. The Bertz CT molecular complexity index is 367. The molecule has 102 valence electrons. The average Bonchev–Trinajstić information content (AvgIpc) is 2.78. The van der Waals surface area contributed by atoms with Crippen LogP contribution in [0.1, 0.15) is 38.6 Å². The summed E-state index contributed by atoms with van der Waals surface area (Å²) in [7, 11) is 0. The molecule has 2 heterocycles. The molecule has 0 saturated carbocycles. The van der Waals surface area contributed by atoms with Crippen LogP contribution in [0.5, 0.6) is 0 Å². The monoisotopic (exact) mass is 268 g/mol. The van der Waals surface area contributed by atoms with E-state index in [9.17, 15) is 0 Å². The average molecular weight is 268 g/mol. The lowest BCUT2D eigenvalue weighted by molar-refractivity contribution is 0.231. The van der Waals surface area contributed by atoms with Gasteiger partial charge in [0, 0.05) is 38.6 Å². The van der Waals surface area contributed by atoms with Gasteiger partial charge in [0.2, 0.25) is 5.13 Å². The fraction of sp³-hybridized carbons (Fsp3) is 0.846. The molecule has 0 atom stereocenters. The van der Waals surface area contributed by atoms with Gasteiger partial charge in [-0.2, -0.15) is 0 Å². The molecule has 0 aromatic carbocycles. The van der Waals surface area contributed by atoms with Gasteiger partial charge in [0.15, 0.2) is 0 Å². The molecule has 1 aromatic rings. The highest BCUT2D eigenvalue weighted by atomic mass is 32.1. The number of piperazine rings is 1. The number of aromatic nitrogens is 2. The second-order valence-electron chi connectivity index (χ2n) is 5.76. The minimum absolute atomic E-state index is 0.485. The Balaban J connectivity index is 1.88. The molecule has 1 fully saturated rings. The highest BCUT2D eigenvalue weighted by molar-refractivity contribution is 7.15. The Morgan fingerprint density at radius 2 is 1.72 bits per heavy atom. The SMILES string of the molecule is CC(C)CN1CCN(c2nnc(C(C)C)s2)CC1. The van der Waals surface area contributed by atoms with E-state index in [0.29, 0.717) is 5.92 Å². The van der Waals surface area contributed by atoms with Crippen LogP contribution in [0.3, 0.4) is 0 Å². The van der Waals surface area contributed by atoms with Crippen LogP contribution in [0, 0.1) is 5.92 Å². The maximum atomic E-state index is 4.32. The summed E-state index contributed by atoms with van der Waals surface area (Å²) in [5.74, 6) is 1.24. The van der Waals surface area contributed by atoms with Crippen molar-refractivity contribution in [3.05, 3.63) is 5.01 Å². The molecule has 0 radical (unpaired) electrons. The fourth-order valence-electron chi connectivity index (χ4n) is 2.23. The lowest BCUT2D eigenvalue weighted by Crippen LogP contribution is -2.47. The quantitative estimate of drug-likeness (QED) is 0.839. The van der Waals surface area contributed by atoms with Gasteiger partial charge in [-0.15, -0.1) is 10.2 Å². The molecule has 1 aliphatic rings. The van der Waals surface area contributed by atoms with Gasteiger partial charge in [0.25, 0.3) is 0 Å². The molecule has 4 nitrogen and oxygen atoms in total. The lowest BCUT2D eigenvalue weighted by Gasteiger charge is -2.35. The maximum Gasteiger partial charge on any atom is 0.208 e. The molecular formula is C13H24N4S. The van der Waals surface area contributed by atoms with Gasteiger partial charge in [0.1, 0.15) is 5.01 Å². The Kier molecular flexibility index (Phi) is 4.56. The first-order chi connectivity index (χ1) is 8.56. The number of rotatable bonds is 4. The molecule has 0 bridgehead atoms. The Labute approximate surface area is 114 Å². The van der Waals surface area contributed by atoms with Gasteiger partial charge < -0.3 is 4.90 Å². The van der Waals surface area contributed by atoms with Gasteiger partial charge in [-0.05, 0) is 5.92 Å². The predicted molar refractivity (Wildman–Crippen MR) is 77.5 cm³/mol. The molecule has 0 unspecified atom stereocenters. The summed E-state index contributed by atoms with van der Waals surface area (Å²) < 4.78 is 0. The van der Waals surface area contributed by atoms with Crippen LogP contribution in [0.4, 0.5) is 5.13 Å². The van der Waals surface area contributed by atoms with E-state index in [1.54, 1.807) is 11.3 Å². The standard InChI is InChI=1S/C13H24N4S/c1-10(2)9-16-5-7-17(8-6-16)13-15-14-12(18-13)11(3)4/h10-11H,5-9H2,1-4H3. The first-order valence-electron chi connectivity index (χ1n) is 6.87. The number of anilines is 1. The van der Waals surface area contributed by atoms with E-state index in [1.165, 1.54) is 6.54 Å². The van der Waals surface area contributed by atoms with Crippen LogP contribution in [0.15, 0.2) is 0 Å². The van der Waals surface area contributed by atoms with Crippen LogP contribution < -0.4 is 4.90 Å². The zero-order valence-electron chi connectivity index (χ0n) is 11.9. The van der Waals surface area contributed by atoms with E-state index in [0.717, 1.165) is 42.2 Å². The molecule has 2 rings (SSSR count). The van der Waals surface area contributed by atoms with Gasteiger partial charge in [0.05, 0.1) is 0 Å². The van der Waals surface area contributed by atoms with Gasteiger partial charge in [-0.25, -0.2) is 0 Å². The van der Waals surface area contributed by atoms with Crippen molar-refractivity contribution in [1.82, 2.24) is 15.1 Å². The van der Waals surface area contributed by atoms with Crippen molar-refractivity contribution < 1.29 is 0 Å². The molecule has 1 aliphatic heterocycles. The molecule has 18 heavy (non-hydrogen) atoms. The second-order valence-corrected chi connectivity index (χ2v) is 6.75. The van der Waals surface area contributed by atoms with E-state index in [2.05, 4.69) is 47.7 Å². The van der Waals surface area contributed by atoms with E-state index >= 15 is 0 Å². The summed E-state index contributed by atoms with van der Waals surface area (Å²) in [4.78, 5) is 4.92. The largest absolute Gasteiger partial charge is 0.344 e. The van der Waals surface area contributed by atoms with Crippen molar-refractivity contribution in [1.29, 1.82) is 0 Å². The lowest BCUT2D eigenvalue weighted by atomic mass is 10.2. The molecule has 1 saturated heterocycles. The first kappa shape index (κ1) is 13.7. The van der Waals surface area contributed by atoms with Crippen LogP contribution in [0.2, 0.25) is 0 Å². The minimum Gasteiger partial charge on any atom is -0.344 e. The first-order valence-corrected chi connectivity index (χ1v) is 7.68. The van der Waals surface area contributed by atoms with Crippen LogP contribution in [-0.4, -0.2) is 47.8 Å². The van der Waals surface area contributed by atoms with Crippen LogP contribution in [-0.2, 0) is 0 Å². The van der Waals surface area contributed by atoms with E-state index < -0.39 is 0 Å². The van der Waals surface area contributed by atoms with Crippen LogP contribution in [0.25, 0.3) is 0 Å². The topological polar surface area (TPSA) is 32.3 Å². The number of nitrogens with zero attached hydrogens (tertiary/aromatic N) is 4.